The molecule has 0 aliphatic heterocycles. The maximum atomic E-state index is 5.10. The van der Waals surface area contributed by atoms with E-state index in [1.54, 1.807) is 7.11 Å². The van der Waals surface area contributed by atoms with Crippen molar-refractivity contribution in [1.82, 2.24) is 4.57 Å². The largest absolute Gasteiger partial charge is 1.00 e. The minimum atomic E-state index is 0. The van der Waals surface area contributed by atoms with Gasteiger partial charge in [-0.25, -0.2) is 9.13 Å². The van der Waals surface area contributed by atoms with Gasteiger partial charge in [-0.2, -0.15) is 0 Å². The van der Waals surface area contributed by atoms with Crippen molar-refractivity contribution in [3.05, 3.63) is 30.1 Å². The van der Waals surface area contributed by atoms with Crippen molar-refractivity contribution < 1.29 is 21.7 Å². The summed E-state index contributed by atoms with van der Waals surface area (Å²) in [5.74, 6) is 0. The summed E-state index contributed by atoms with van der Waals surface area (Å²) < 4.78 is 9.47. The molecule has 88 valence electrons. The fourth-order valence-electron chi connectivity index (χ4n) is 1.86. The second-order valence-corrected chi connectivity index (χ2v) is 3.90. The van der Waals surface area contributed by atoms with E-state index in [-0.39, 0.29) is 12.4 Å². The number of hydrogen-bond donors (Lipinski definition) is 0. The van der Waals surface area contributed by atoms with E-state index in [0.717, 1.165) is 13.2 Å². The summed E-state index contributed by atoms with van der Waals surface area (Å²) in [6, 6.07) is 6.52. The summed E-state index contributed by atoms with van der Waals surface area (Å²) in [5, 5.41) is 0. The molecule has 0 aliphatic carbocycles. The van der Waals surface area contributed by atoms with Gasteiger partial charge in [0.1, 0.15) is 6.54 Å². The molecule has 1 aromatic heterocycles. The molecule has 2 rings (SSSR count). The number of ether oxygens (including phenoxy) is 1. The van der Waals surface area contributed by atoms with Crippen LogP contribution in [0.25, 0.3) is 11.0 Å². The lowest BCUT2D eigenvalue weighted by molar-refractivity contribution is -0.673. The topological polar surface area (TPSA) is 18.0 Å². The van der Waals surface area contributed by atoms with Crippen LogP contribution in [-0.4, -0.2) is 18.3 Å². The van der Waals surface area contributed by atoms with Crippen LogP contribution in [0.4, 0.5) is 0 Å². The molecule has 2 aromatic rings. The van der Waals surface area contributed by atoms with E-state index in [1.165, 1.54) is 16.6 Å². The van der Waals surface area contributed by atoms with Crippen molar-refractivity contribution in [2.45, 2.75) is 13.5 Å². The zero-order valence-corrected chi connectivity index (χ0v) is 10.7. The van der Waals surface area contributed by atoms with Crippen molar-refractivity contribution >= 4 is 11.0 Å². The second-order valence-electron chi connectivity index (χ2n) is 3.90. The molecular weight excluding hydrogens is 224 g/mol. The molecular formula is C12H17ClN2O. The molecule has 0 radical (unpaired) electrons. The summed E-state index contributed by atoms with van der Waals surface area (Å²) in [6.45, 7) is 3.76. The number of aryl methyl sites for hydroxylation is 2. The summed E-state index contributed by atoms with van der Waals surface area (Å²) in [5.41, 5.74) is 3.83. The third-order valence-corrected chi connectivity index (χ3v) is 2.67. The van der Waals surface area contributed by atoms with Gasteiger partial charge in [-0.1, -0.05) is 6.07 Å². The van der Waals surface area contributed by atoms with E-state index in [1.807, 2.05) is 0 Å². The lowest BCUT2D eigenvalue weighted by Crippen LogP contribution is -3.00. The van der Waals surface area contributed by atoms with Crippen LogP contribution in [0.5, 0.6) is 0 Å². The highest BCUT2D eigenvalue weighted by atomic mass is 35.5. The summed E-state index contributed by atoms with van der Waals surface area (Å²) >= 11 is 0. The number of nitrogens with zero attached hydrogens (tertiary/aromatic N) is 2. The van der Waals surface area contributed by atoms with E-state index in [4.69, 9.17) is 4.74 Å². The Morgan fingerprint density at radius 2 is 2.12 bits per heavy atom. The Bertz CT molecular complexity index is 479. The fourth-order valence-corrected chi connectivity index (χ4v) is 1.86. The molecule has 0 fully saturated rings. The van der Waals surface area contributed by atoms with E-state index in [0.29, 0.717) is 0 Å². The van der Waals surface area contributed by atoms with Crippen LogP contribution in [0.3, 0.4) is 0 Å². The maximum Gasteiger partial charge on any atom is 0.244 e. The van der Waals surface area contributed by atoms with Crippen molar-refractivity contribution in [3.8, 4) is 0 Å². The number of aromatic nitrogens is 2. The molecule has 0 saturated carbocycles. The molecule has 1 heterocycles. The normalized spacial score (nSPS) is 10.4. The van der Waals surface area contributed by atoms with Gasteiger partial charge in [-0.15, -0.1) is 0 Å². The lowest BCUT2D eigenvalue weighted by Gasteiger charge is -1.96. The van der Waals surface area contributed by atoms with Crippen molar-refractivity contribution in [2.75, 3.05) is 13.7 Å². The Balaban J connectivity index is 0.00000128. The first-order valence-electron chi connectivity index (χ1n) is 5.16. The number of halogens is 1. The van der Waals surface area contributed by atoms with Crippen LogP contribution >= 0.6 is 0 Å². The molecule has 16 heavy (non-hydrogen) atoms. The van der Waals surface area contributed by atoms with Crippen LogP contribution in [0.15, 0.2) is 24.5 Å². The monoisotopic (exact) mass is 240 g/mol. The third-order valence-electron chi connectivity index (χ3n) is 2.67. The van der Waals surface area contributed by atoms with Crippen molar-refractivity contribution in [3.63, 3.8) is 0 Å². The zero-order valence-electron chi connectivity index (χ0n) is 9.90. The highest BCUT2D eigenvalue weighted by Crippen LogP contribution is 2.11. The van der Waals surface area contributed by atoms with Gasteiger partial charge in [0.25, 0.3) is 0 Å². The van der Waals surface area contributed by atoms with Crippen molar-refractivity contribution in [2.24, 2.45) is 7.05 Å². The Kier molecular flexibility index (Phi) is 4.33. The van der Waals surface area contributed by atoms with Crippen LogP contribution in [-0.2, 0) is 18.3 Å². The average molecular weight is 241 g/mol. The summed E-state index contributed by atoms with van der Waals surface area (Å²) in [7, 11) is 3.81. The predicted molar refractivity (Wildman–Crippen MR) is 59.7 cm³/mol. The predicted octanol–water partition coefficient (Wildman–Crippen LogP) is -1.58. The van der Waals surface area contributed by atoms with E-state index >= 15 is 0 Å². The molecule has 3 nitrogen and oxygen atoms in total. The number of hydrogen-bond acceptors (Lipinski definition) is 1. The molecule has 1 aromatic carbocycles. The van der Waals surface area contributed by atoms with Crippen LogP contribution in [0.2, 0.25) is 0 Å². The summed E-state index contributed by atoms with van der Waals surface area (Å²) in [6.07, 6.45) is 2.11. The minimum Gasteiger partial charge on any atom is -1.00 e. The first kappa shape index (κ1) is 13.0. The highest BCUT2D eigenvalue weighted by Gasteiger charge is 2.12. The highest BCUT2D eigenvalue weighted by molar-refractivity contribution is 5.72. The number of benzene rings is 1. The Morgan fingerprint density at radius 1 is 1.38 bits per heavy atom. The smallest absolute Gasteiger partial charge is 0.244 e. The molecule has 0 aliphatic rings. The molecule has 0 saturated heterocycles. The molecule has 0 atom stereocenters. The number of methoxy groups -OCH3 is 1. The standard InChI is InChI=1S/C12H17N2O.ClH/c1-10-4-5-11-12(8-10)13(2)9-14(11)6-7-15-3;/h4-5,8-9H,6-7H2,1-3H3;1H/q+1;/p-1. The van der Waals surface area contributed by atoms with Gasteiger partial charge in [-0.05, 0) is 24.6 Å². The van der Waals surface area contributed by atoms with E-state index < -0.39 is 0 Å². The van der Waals surface area contributed by atoms with Gasteiger partial charge in [0.2, 0.25) is 6.33 Å². The van der Waals surface area contributed by atoms with Gasteiger partial charge in [-0.3, -0.25) is 0 Å². The Morgan fingerprint density at radius 3 is 2.81 bits per heavy atom. The molecule has 0 amide bonds. The third kappa shape index (κ3) is 2.36. The van der Waals surface area contributed by atoms with Gasteiger partial charge in [0.15, 0.2) is 11.0 Å². The first-order chi connectivity index (χ1) is 7.22. The van der Waals surface area contributed by atoms with Gasteiger partial charge < -0.3 is 17.1 Å². The quantitative estimate of drug-likeness (QED) is 0.593. The first-order valence-corrected chi connectivity index (χ1v) is 5.16. The summed E-state index contributed by atoms with van der Waals surface area (Å²) in [4.78, 5) is 0. The molecule has 0 unspecified atom stereocenters. The molecule has 4 heteroatoms. The number of fused-ring (bicyclic) bond motifs is 1. The number of rotatable bonds is 3. The fraction of sp³-hybridized carbons (Fsp3) is 0.417. The molecule has 0 spiro atoms. The lowest BCUT2D eigenvalue weighted by atomic mass is 10.2. The second kappa shape index (κ2) is 5.32. The van der Waals surface area contributed by atoms with Gasteiger partial charge in [0, 0.05) is 7.11 Å². The van der Waals surface area contributed by atoms with Gasteiger partial charge >= 0.3 is 0 Å². The SMILES string of the molecule is COCC[n+]1cn(C)c2cc(C)ccc21.[Cl-]. The minimum absolute atomic E-state index is 0. The Labute approximate surface area is 102 Å². The average Bonchev–Trinajstić information content (AvgIpc) is 2.53. The van der Waals surface area contributed by atoms with E-state index in [9.17, 15) is 0 Å². The van der Waals surface area contributed by atoms with Crippen LogP contribution in [0.1, 0.15) is 5.56 Å². The van der Waals surface area contributed by atoms with E-state index in [2.05, 4.69) is 47.6 Å². The van der Waals surface area contributed by atoms with Gasteiger partial charge in [0.05, 0.1) is 13.7 Å². The van der Waals surface area contributed by atoms with Crippen molar-refractivity contribution in [1.29, 1.82) is 0 Å². The molecule has 0 N–H and O–H groups in total. The molecule has 0 bridgehead atoms. The Hall–Kier alpha value is -1.06. The zero-order chi connectivity index (χ0) is 10.8. The number of imidazole rings is 1. The maximum absolute atomic E-state index is 5.10. The van der Waals surface area contributed by atoms with Crippen LogP contribution in [0, 0.1) is 6.92 Å². The van der Waals surface area contributed by atoms with Crippen LogP contribution < -0.4 is 17.0 Å².